The van der Waals surface area contributed by atoms with Crippen LogP contribution in [-0.2, 0) is 13.5 Å². The largest absolute Gasteiger partial charge is 0.389 e. The number of aromatic nitrogens is 2. The number of rotatable bonds is 5. The van der Waals surface area contributed by atoms with Crippen LogP contribution in [0.25, 0.3) is 11.0 Å². The summed E-state index contributed by atoms with van der Waals surface area (Å²) in [5, 5.41) is 12.8. The molecule has 0 atom stereocenters. The summed E-state index contributed by atoms with van der Waals surface area (Å²) in [6, 6.07) is 6.37. The van der Waals surface area contributed by atoms with E-state index in [0.29, 0.717) is 6.54 Å². The molecule has 0 saturated heterocycles. The van der Waals surface area contributed by atoms with E-state index in [0.717, 1.165) is 24.0 Å². The molecule has 2 aromatic rings. The normalized spacial score (nSPS) is 12.2. The van der Waals surface area contributed by atoms with Crippen molar-refractivity contribution in [2.45, 2.75) is 25.9 Å². The second-order valence-corrected chi connectivity index (χ2v) is 5.42. The van der Waals surface area contributed by atoms with E-state index in [1.54, 1.807) is 13.8 Å². The lowest BCUT2D eigenvalue weighted by atomic mass is 10.1. The molecule has 0 aliphatic heterocycles. The van der Waals surface area contributed by atoms with Crippen LogP contribution in [-0.4, -0.2) is 33.3 Å². The first-order valence-corrected chi connectivity index (χ1v) is 6.29. The summed E-state index contributed by atoms with van der Waals surface area (Å²) < 4.78 is 2.02. The maximum absolute atomic E-state index is 9.58. The molecule has 0 fully saturated rings. The van der Waals surface area contributed by atoms with Gasteiger partial charge in [0.1, 0.15) is 0 Å². The molecule has 0 aliphatic carbocycles. The first-order chi connectivity index (χ1) is 8.46. The van der Waals surface area contributed by atoms with Crippen molar-refractivity contribution < 1.29 is 5.11 Å². The predicted molar refractivity (Wildman–Crippen MR) is 73.6 cm³/mol. The lowest BCUT2D eigenvalue weighted by Crippen LogP contribution is -2.35. The van der Waals surface area contributed by atoms with Crippen LogP contribution in [0, 0.1) is 0 Å². The van der Waals surface area contributed by atoms with E-state index in [2.05, 4.69) is 28.5 Å². The van der Waals surface area contributed by atoms with Crippen LogP contribution in [0.1, 0.15) is 19.4 Å². The highest BCUT2D eigenvalue weighted by Crippen LogP contribution is 2.14. The third kappa shape index (κ3) is 3.31. The molecule has 18 heavy (non-hydrogen) atoms. The van der Waals surface area contributed by atoms with Gasteiger partial charge in [0.25, 0.3) is 0 Å². The Balaban J connectivity index is 1.92. The summed E-state index contributed by atoms with van der Waals surface area (Å²) in [5.74, 6) is 0. The Labute approximate surface area is 108 Å². The molecule has 0 unspecified atom stereocenters. The number of nitrogens with one attached hydrogen (secondary N) is 1. The van der Waals surface area contributed by atoms with Crippen LogP contribution >= 0.6 is 0 Å². The van der Waals surface area contributed by atoms with Gasteiger partial charge in [0.05, 0.1) is 23.0 Å². The molecular formula is C14H21N3O. The maximum atomic E-state index is 9.58. The molecule has 0 spiro atoms. The number of aliphatic hydroxyl groups is 1. The van der Waals surface area contributed by atoms with Gasteiger partial charge in [-0.2, -0.15) is 0 Å². The van der Waals surface area contributed by atoms with E-state index >= 15 is 0 Å². The fourth-order valence-electron chi connectivity index (χ4n) is 1.96. The third-order valence-corrected chi connectivity index (χ3v) is 2.94. The van der Waals surface area contributed by atoms with Crippen molar-refractivity contribution >= 4 is 11.0 Å². The Morgan fingerprint density at radius 1 is 1.39 bits per heavy atom. The molecule has 2 rings (SSSR count). The van der Waals surface area contributed by atoms with E-state index < -0.39 is 5.60 Å². The van der Waals surface area contributed by atoms with E-state index in [4.69, 9.17) is 0 Å². The first kappa shape index (κ1) is 13.1. The highest BCUT2D eigenvalue weighted by molar-refractivity contribution is 5.75. The van der Waals surface area contributed by atoms with Crippen molar-refractivity contribution in [3.63, 3.8) is 0 Å². The molecule has 1 aromatic carbocycles. The zero-order chi connectivity index (χ0) is 13.2. The van der Waals surface area contributed by atoms with Gasteiger partial charge in [-0.05, 0) is 44.5 Å². The Morgan fingerprint density at radius 3 is 2.89 bits per heavy atom. The Hall–Kier alpha value is -1.39. The molecule has 0 saturated carbocycles. The minimum Gasteiger partial charge on any atom is -0.389 e. The van der Waals surface area contributed by atoms with Gasteiger partial charge < -0.3 is 15.0 Å². The lowest BCUT2D eigenvalue weighted by molar-refractivity contribution is 0.0801. The molecule has 0 amide bonds. The quantitative estimate of drug-likeness (QED) is 0.787. The Bertz CT molecular complexity index is 525. The zero-order valence-electron chi connectivity index (χ0n) is 11.3. The van der Waals surface area contributed by atoms with Crippen molar-refractivity contribution in [1.29, 1.82) is 0 Å². The fourth-order valence-corrected chi connectivity index (χ4v) is 1.96. The molecule has 2 N–H and O–H groups in total. The number of hydrogen-bond acceptors (Lipinski definition) is 3. The number of benzene rings is 1. The third-order valence-electron chi connectivity index (χ3n) is 2.94. The van der Waals surface area contributed by atoms with Crippen LogP contribution in [0.3, 0.4) is 0 Å². The van der Waals surface area contributed by atoms with Crippen LogP contribution in [0.15, 0.2) is 24.5 Å². The summed E-state index contributed by atoms with van der Waals surface area (Å²) >= 11 is 0. The minimum absolute atomic E-state index is 0.610. The fraction of sp³-hybridized carbons (Fsp3) is 0.500. The van der Waals surface area contributed by atoms with Gasteiger partial charge in [-0.1, -0.05) is 6.07 Å². The molecule has 1 heterocycles. The molecule has 4 heteroatoms. The summed E-state index contributed by atoms with van der Waals surface area (Å²) in [7, 11) is 2.00. The summed E-state index contributed by atoms with van der Waals surface area (Å²) in [6.07, 6.45) is 2.78. The molecule has 98 valence electrons. The predicted octanol–water partition coefficient (Wildman–Crippen LogP) is 1.48. The van der Waals surface area contributed by atoms with Crippen molar-refractivity contribution in [3.8, 4) is 0 Å². The number of hydrogen-bond donors (Lipinski definition) is 2. The summed E-state index contributed by atoms with van der Waals surface area (Å²) in [4.78, 5) is 4.35. The van der Waals surface area contributed by atoms with Gasteiger partial charge in [-0.15, -0.1) is 0 Å². The van der Waals surface area contributed by atoms with Crippen molar-refractivity contribution in [1.82, 2.24) is 14.9 Å². The Kier molecular flexibility index (Phi) is 3.68. The number of nitrogens with zero attached hydrogens (tertiary/aromatic N) is 2. The number of fused-ring (bicyclic) bond motifs is 1. The maximum Gasteiger partial charge on any atom is 0.0955 e. The molecule has 4 nitrogen and oxygen atoms in total. The van der Waals surface area contributed by atoms with E-state index in [-0.39, 0.29) is 0 Å². The molecule has 1 aromatic heterocycles. The summed E-state index contributed by atoms with van der Waals surface area (Å²) in [6.45, 7) is 5.08. The van der Waals surface area contributed by atoms with Gasteiger partial charge in [0.15, 0.2) is 0 Å². The average molecular weight is 247 g/mol. The van der Waals surface area contributed by atoms with Crippen molar-refractivity contribution in [2.75, 3.05) is 13.1 Å². The SMILES string of the molecule is Cn1cnc2cc(CCNCC(C)(C)O)ccc21. The van der Waals surface area contributed by atoms with Crippen LogP contribution < -0.4 is 5.32 Å². The van der Waals surface area contributed by atoms with E-state index in [9.17, 15) is 5.11 Å². The van der Waals surface area contributed by atoms with Crippen molar-refractivity contribution in [3.05, 3.63) is 30.1 Å². The molecule has 0 radical (unpaired) electrons. The van der Waals surface area contributed by atoms with Gasteiger partial charge in [-0.3, -0.25) is 0 Å². The van der Waals surface area contributed by atoms with Crippen LogP contribution in [0.5, 0.6) is 0 Å². The summed E-state index contributed by atoms with van der Waals surface area (Å²) in [5.41, 5.74) is 2.82. The van der Waals surface area contributed by atoms with Gasteiger partial charge in [-0.25, -0.2) is 4.98 Å². The topological polar surface area (TPSA) is 50.1 Å². The standard InChI is InChI=1S/C14H21N3O/c1-14(2,18)9-15-7-6-11-4-5-13-12(8-11)16-10-17(13)3/h4-5,8,10,15,18H,6-7,9H2,1-3H3. The van der Waals surface area contributed by atoms with Gasteiger partial charge >= 0.3 is 0 Å². The lowest BCUT2D eigenvalue weighted by Gasteiger charge is -2.17. The molecular weight excluding hydrogens is 226 g/mol. The van der Waals surface area contributed by atoms with E-state index in [1.807, 2.05) is 17.9 Å². The second-order valence-electron chi connectivity index (χ2n) is 5.42. The molecule has 0 bridgehead atoms. The van der Waals surface area contributed by atoms with Crippen LogP contribution in [0.2, 0.25) is 0 Å². The average Bonchev–Trinajstić information content (AvgIpc) is 2.65. The monoisotopic (exact) mass is 247 g/mol. The van der Waals surface area contributed by atoms with E-state index in [1.165, 1.54) is 5.56 Å². The van der Waals surface area contributed by atoms with Gasteiger partial charge in [0, 0.05) is 13.6 Å². The number of aryl methyl sites for hydroxylation is 1. The zero-order valence-corrected chi connectivity index (χ0v) is 11.3. The van der Waals surface area contributed by atoms with Crippen molar-refractivity contribution in [2.24, 2.45) is 7.05 Å². The smallest absolute Gasteiger partial charge is 0.0955 e. The number of imidazole rings is 1. The van der Waals surface area contributed by atoms with Gasteiger partial charge in [0.2, 0.25) is 0 Å². The van der Waals surface area contributed by atoms with Crippen LogP contribution in [0.4, 0.5) is 0 Å². The minimum atomic E-state index is -0.648. The highest BCUT2D eigenvalue weighted by Gasteiger charge is 2.10. The Morgan fingerprint density at radius 2 is 2.17 bits per heavy atom. The molecule has 0 aliphatic rings. The first-order valence-electron chi connectivity index (χ1n) is 6.29. The second kappa shape index (κ2) is 5.08. The highest BCUT2D eigenvalue weighted by atomic mass is 16.3.